The van der Waals surface area contributed by atoms with Gasteiger partial charge in [0, 0.05) is 0 Å². The quantitative estimate of drug-likeness (QED) is 0.806. The van der Waals surface area contributed by atoms with E-state index >= 15 is 0 Å². The molecule has 6 heteroatoms. The van der Waals surface area contributed by atoms with Gasteiger partial charge in [-0.3, -0.25) is 0 Å². The number of aromatic nitrogens is 2. The van der Waals surface area contributed by atoms with Gasteiger partial charge in [0.2, 0.25) is 0 Å². The van der Waals surface area contributed by atoms with Crippen molar-refractivity contribution in [2.24, 2.45) is 0 Å². The lowest BCUT2D eigenvalue weighted by Gasteiger charge is -2.22. The maximum atomic E-state index is 12.2. The second-order valence-corrected chi connectivity index (χ2v) is 3.84. The molecule has 0 saturated carbocycles. The lowest BCUT2D eigenvalue weighted by molar-refractivity contribution is -0.141. The molecule has 1 atom stereocenters. The molecule has 1 N–H and O–H groups in total. The molecular weight excluding hydrogens is 219 g/mol. The summed E-state index contributed by atoms with van der Waals surface area (Å²) in [6.45, 7) is 0.882. The fraction of sp³-hybridized carbons (Fsp3) is 0.600. The number of hydrogen-bond donors (Lipinski definition) is 1. The topological polar surface area (TPSA) is 37.8 Å². The highest BCUT2D eigenvalue weighted by Gasteiger charge is 2.33. The lowest BCUT2D eigenvalue weighted by Crippen LogP contribution is -2.28. The van der Waals surface area contributed by atoms with Crippen molar-refractivity contribution in [3.63, 3.8) is 0 Å². The zero-order valence-electron chi connectivity index (χ0n) is 8.59. The van der Waals surface area contributed by atoms with Gasteiger partial charge in [0.05, 0.1) is 11.7 Å². The monoisotopic (exact) mass is 231 g/mol. The predicted octanol–water partition coefficient (Wildman–Crippen LogP) is 2.31. The van der Waals surface area contributed by atoms with Gasteiger partial charge in [0.15, 0.2) is 5.69 Å². The summed E-state index contributed by atoms with van der Waals surface area (Å²) in [5, 5.41) is 10.1. The molecule has 1 aromatic heterocycles. The van der Waals surface area contributed by atoms with E-state index in [0.717, 1.165) is 31.9 Å². The van der Waals surface area contributed by atoms with Crippen LogP contribution in [0.25, 0.3) is 0 Å². The molecule has 0 aliphatic carbocycles. The van der Waals surface area contributed by atoms with E-state index in [1.165, 1.54) is 6.07 Å². The van der Waals surface area contributed by atoms with Crippen molar-refractivity contribution >= 4 is 0 Å². The van der Waals surface area contributed by atoms with Crippen LogP contribution in [0.3, 0.4) is 0 Å². The first-order chi connectivity index (χ1) is 7.57. The largest absolute Gasteiger partial charge is 0.435 e. The zero-order valence-corrected chi connectivity index (χ0v) is 8.59. The van der Waals surface area contributed by atoms with Gasteiger partial charge in [-0.1, -0.05) is 6.42 Å². The molecule has 2 heterocycles. The van der Waals surface area contributed by atoms with Crippen molar-refractivity contribution in [1.29, 1.82) is 0 Å². The highest BCUT2D eigenvalue weighted by molar-refractivity contribution is 5.12. The average Bonchev–Trinajstić information content (AvgIpc) is 2.29. The SMILES string of the molecule is FC(F)(F)c1ccc(C2CCCCN2)nn1. The van der Waals surface area contributed by atoms with E-state index in [-0.39, 0.29) is 6.04 Å². The molecule has 1 aliphatic rings. The molecule has 2 rings (SSSR count). The average molecular weight is 231 g/mol. The van der Waals surface area contributed by atoms with E-state index in [2.05, 4.69) is 15.5 Å². The Morgan fingerprint density at radius 3 is 2.50 bits per heavy atom. The minimum absolute atomic E-state index is 0.0449. The van der Waals surface area contributed by atoms with E-state index in [4.69, 9.17) is 0 Å². The van der Waals surface area contributed by atoms with Gasteiger partial charge < -0.3 is 5.32 Å². The summed E-state index contributed by atoms with van der Waals surface area (Å²) in [4.78, 5) is 0. The molecule has 0 bridgehead atoms. The van der Waals surface area contributed by atoms with Crippen LogP contribution in [0.4, 0.5) is 13.2 Å². The molecule has 1 fully saturated rings. The molecule has 16 heavy (non-hydrogen) atoms. The van der Waals surface area contributed by atoms with Crippen LogP contribution in [0, 0.1) is 0 Å². The molecular formula is C10H12F3N3. The molecule has 1 unspecified atom stereocenters. The number of rotatable bonds is 1. The fourth-order valence-corrected chi connectivity index (χ4v) is 1.78. The van der Waals surface area contributed by atoms with Crippen molar-refractivity contribution in [3.8, 4) is 0 Å². The van der Waals surface area contributed by atoms with Crippen LogP contribution in [-0.4, -0.2) is 16.7 Å². The number of nitrogens with one attached hydrogen (secondary N) is 1. The highest BCUT2D eigenvalue weighted by atomic mass is 19.4. The molecule has 0 radical (unpaired) electrons. The van der Waals surface area contributed by atoms with Crippen molar-refractivity contribution in [3.05, 3.63) is 23.5 Å². The molecule has 0 aromatic carbocycles. The summed E-state index contributed by atoms with van der Waals surface area (Å²) in [5.74, 6) is 0. The van der Waals surface area contributed by atoms with Gasteiger partial charge >= 0.3 is 6.18 Å². The summed E-state index contributed by atoms with van der Waals surface area (Å²) in [6, 6.07) is 2.43. The van der Waals surface area contributed by atoms with Crippen LogP contribution in [-0.2, 0) is 6.18 Å². The summed E-state index contributed by atoms with van der Waals surface area (Å²) >= 11 is 0. The van der Waals surface area contributed by atoms with Gasteiger partial charge in [0.1, 0.15) is 0 Å². The van der Waals surface area contributed by atoms with Gasteiger partial charge in [-0.25, -0.2) is 0 Å². The van der Waals surface area contributed by atoms with Gasteiger partial charge in [-0.2, -0.15) is 18.3 Å². The van der Waals surface area contributed by atoms with Crippen LogP contribution >= 0.6 is 0 Å². The van der Waals surface area contributed by atoms with Crippen molar-refractivity contribution in [2.75, 3.05) is 6.54 Å². The van der Waals surface area contributed by atoms with Crippen molar-refractivity contribution < 1.29 is 13.2 Å². The maximum Gasteiger partial charge on any atom is 0.435 e. The number of hydrogen-bond acceptors (Lipinski definition) is 3. The summed E-state index contributed by atoms with van der Waals surface area (Å²) in [7, 11) is 0. The van der Waals surface area contributed by atoms with Gasteiger partial charge in [-0.05, 0) is 31.5 Å². The molecule has 88 valence electrons. The van der Waals surface area contributed by atoms with Crippen molar-refractivity contribution in [2.45, 2.75) is 31.5 Å². The molecule has 3 nitrogen and oxygen atoms in total. The fourth-order valence-electron chi connectivity index (χ4n) is 1.78. The third-order valence-electron chi connectivity index (χ3n) is 2.64. The van der Waals surface area contributed by atoms with E-state index in [1.807, 2.05) is 0 Å². The highest BCUT2D eigenvalue weighted by Crippen LogP contribution is 2.28. The number of alkyl halides is 3. The van der Waals surface area contributed by atoms with Gasteiger partial charge in [-0.15, -0.1) is 5.10 Å². The number of piperidine rings is 1. The van der Waals surface area contributed by atoms with E-state index in [1.54, 1.807) is 0 Å². The normalized spacial score (nSPS) is 22.1. The first-order valence-corrected chi connectivity index (χ1v) is 5.21. The Bertz CT molecular complexity index is 341. The van der Waals surface area contributed by atoms with Crippen LogP contribution in [0.1, 0.15) is 36.7 Å². The molecule has 0 amide bonds. The third-order valence-corrected chi connectivity index (χ3v) is 2.64. The third kappa shape index (κ3) is 2.49. The van der Waals surface area contributed by atoms with Gasteiger partial charge in [0.25, 0.3) is 0 Å². The Kier molecular flexibility index (Phi) is 3.09. The first-order valence-electron chi connectivity index (χ1n) is 5.21. The smallest absolute Gasteiger partial charge is 0.309 e. The lowest BCUT2D eigenvalue weighted by atomic mass is 10.0. The molecule has 1 saturated heterocycles. The minimum atomic E-state index is -4.41. The Morgan fingerprint density at radius 1 is 1.19 bits per heavy atom. The van der Waals surface area contributed by atoms with E-state index < -0.39 is 11.9 Å². The zero-order chi connectivity index (χ0) is 11.6. The van der Waals surface area contributed by atoms with Crippen LogP contribution in [0.5, 0.6) is 0 Å². The standard InChI is InChI=1S/C10H12F3N3/c11-10(12,13)9-5-4-8(15-16-9)7-3-1-2-6-14-7/h4-5,7,14H,1-3,6H2. The number of nitrogens with zero attached hydrogens (tertiary/aromatic N) is 2. The van der Waals surface area contributed by atoms with Crippen LogP contribution < -0.4 is 5.32 Å². The van der Waals surface area contributed by atoms with Crippen LogP contribution in [0.15, 0.2) is 12.1 Å². The Labute approximate surface area is 91.1 Å². The van der Waals surface area contributed by atoms with E-state index in [9.17, 15) is 13.2 Å². The Hall–Kier alpha value is -1.17. The number of halogens is 3. The summed E-state index contributed by atoms with van der Waals surface area (Å²) < 4.78 is 36.7. The molecule has 1 aliphatic heterocycles. The van der Waals surface area contributed by atoms with E-state index in [0.29, 0.717) is 5.69 Å². The first kappa shape index (κ1) is 11.3. The summed E-state index contributed by atoms with van der Waals surface area (Å²) in [5.41, 5.74) is -0.347. The minimum Gasteiger partial charge on any atom is -0.309 e. The Balaban J connectivity index is 2.12. The molecule has 0 spiro atoms. The maximum absolute atomic E-state index is 12.2. The predicted molar refractivity (Wildman–Crippen MR) is 51.6 cm³/mol. The molecule has 1 aromatic rings. The second-order valence-electron chi connectivity index (χ2n) is 3.84. The van der Waals surface area contributed by atoms with Crippen LogP contribution in [0.2, 0.25) is 0 Å². The summed E-state index contributed by atoms with van der Waals surface area (Å²) in [6.07, 6.45) is -1.34. The second kappa shape index (κ2) is 4.37. The van der Waals surface area contributed by atoms with Crippen molar-refractivity contribution in [1.82, 2.24) is 15.5 Å². The Morgan fingerprint density at radius 2 is 2.00 bits per heavy atom.